The number of benzene rings is 1. The van der Waals surface area contributed by atoms with Gasteiger partial charge < -0.3 is 5.32 Å². The van der Waals surface area contributed by atoms with Crippen molar-refractivity contribution in [1.82, 2.24) is 10.6 Å². The van der Waals surface area contributed by atoms with E-state index in [1.165, 1.54) is 37.7 Å². The molecule has 2 aliphatic rings. The molecule has 3 rings (SSSR count). The first kappa shape index (κ1) is 24.8. The van der Waals surface area contributed by atoms with Gasteiger partial charge in [0, 0.05) is 24.4 Å². The standard InChI is InChI=1S/C28H37FN4/c1-4-21-11-12-25-26(17-21)23(19-27(25)29)18-22(13-16-31-5-2)28(14-15-30-3)33-20-32-24-9-7-6-8-10-24/h5,11-18,23-24,27,31-32H,2-4,6-10,19-20H2,1H3/b15-14-,16-13-,22-18+,33-28?. The molecular formula is C28H37FN4. The lowest BCUT2D eigenvalue weighted by atomic mass is 9.94. The first-order chi connectivity index (χ1) is 16.2. The highest BCUT2D eigenvalue weighted by Crippen LogP contribution is 2.44. The summed E-state index contributed by atoms with van der Waals surface area (Å²) < 4.78 is 14.8. The van der Waals surface area contributed by atoms with Gasteiger partial charge in [0.25, 0.3) is 0 Å². The minimum Gasteiger partial charge on any atom is -0.368 e. The number of rotatable bonds is 11. The van der Waals surface area contributed by atoms with Crippen molar-refractivity contribution < 1.29 is 4.39 Å². The van der Waals surface area contributed by atoms with Crippen LogP contribution >= 0.6 is 0 Å². The molecule has 2 aliphatic carbocycles. The van der Waals surface area contributed by atoms with Crippen molar-refractivity contribution in [3.8, 4) is 0 Å². The minimum absolute atomic E-state index is 0.00789. The van der Waals surface area contributed by atoms with Crippen LogP contribution in [0.15, 0.2) is 77.2 Å². The van der Waals surface area contributed by atoms with Crippen LogP contribution in [0.4, 0.5) is 4.39 Å². The number of halogens is 1. The zero-order valence-electron chi connectivity index (χ0n) is 19.8. The number of nitrogens with one attached hydrogen (secondary N) is 2. The molecule has 1 fully saturated rings. The van der Waals surface area contributed by atoms with Gasteiger partial charge in [0.15, 0.2) is 0 Å². The highest BCUT2D eigenvalue weighted by Gasteiger charge is 2.30. The molecular weight excluding hydrogens is 411 g/mol. The number of fused-ring (bicyclic) bond motifs is 1. The summed E-state index contributed by atoms with van der Waals surface area (Å²) in [6.07, 6.45) is 17.8. The van der Waals surface area contributed by atoms with Gasteiger partial charge in [-0.15, -0.1) is 0 Å². The zero-order valence-corrected chi connectivity index (χ0v) is 19.8. The van der Waals surface area contributed by atoms with Crippen molar-refractivity contribution in [2.24, 2.45) is 9.98 Å². The Balaban J connectivity index is 1.90. The van der Waals surface area contributed by atoms with Gasteiger partial charge in [0.2, 0.25) is 0 Å². The molecule has 33 heavy (non-hydrogen) atoms. The molecule has 1 aromatic carbocycles. The summed E-state index contributed by atoms with van der Waals surface area (Å²) in [6, 6.07) is 6.67. The maximum absolute atomic E-state index is 14.8. The Labute approximate surface area is 198 Å². The quantitative estimate of drug-likeness (QED) is 0.302. The molecule has 5 heteroatoms. The zero-order chi connectivity index (χ0) is 23.5. The van der Waals surface area contributed by atoms with Crippen molar-refractivity contribution >= 4 is 12.4 Å². The number of aliphatic imine (C=N–C) groups is 2. The topological polar surface area (TPSA) is 48.8 Å². The van der Waals surface area contributed by atoms with E-state index in [-0.39, 0.29) is 5.92 Å². The fraction of sp³-hybridized carbons (Fsp3) is 0.429. The molecule has 0 aromatic heterocycles. The first-order valence-electron chi connectivity index (χ1n) is 12.1. The predicted molar refractivity (Wildman–Crippen MR) is 139 cm³/mol. The molecule has 1 aromatic rings. The molecule has 2 unspecified atom stereocenters. The third kappa shape index (κ3) is 7.10. The minimum atomic E-state index is -0.942. The molecule has 1 saturated carbocycles. The second kappa shape index (κ2) is 13.0. The average Bonchev–Trinajstić information content (AvgIpc) is 3.15. The molecule has 0 heterocycles. The smallest absolute Gasteiger partial charge is 0.126 e. The summed E-state index contributed by atoms with van der Waals surface area (Å²) >= 11 is 0. The molecule has 0 spiro atoms. The normalized spacial score (nSPS) is 22.1. The van der Waals surface area contributed by atoms with Crippen LogP contribution in [0.25, 0.3) is 0 Å². The van der Waals surface area contributed by atoms with E-state index in [2.05, 4.69) is 48.0 Å². The van der Waals surface area contributed by atoms with Gasteiger partial charge in [-0.1, -0.05) is 57.0 Å². The largest absolute Gasteiger partial charge is 0.368 e. The fourth-order valence-corrected chi connectivity index (χ4v) is 4.66. The SMILES string of the molecule is C=CN/C=C\C(=C/C1CC(F)c2ccc(CC)cc21)C(/C=C\N=C)=NCNC1CCCCC1. The van der Waals surface area contributed by atoms with E-state index in [1.807, 2.05) is 30.5 Å². The summed E-state index contributed by atoms with van der Waals surface area (Å²) in [5.41, 5.74) is 4.83. The molecule has 2 atom stereocenters. The van der Waals surface area contributed by atoms with E-state index in [9.17, 15) is 4.39 Å². The third-order valence-electron chi connectivity index (χ3n) is 6.48. The van der Waals surface area contributed by atoms with Crippen LogP contribution in [0.3, 0.4) is 0 Å². The van der Waals surface area contributed by atoms with Crippen LogP contribution in [-0.2, 0) is 6.42 Å². The number of allylic oxidation sites excluding steroid dienone is 4. The lowest BCUT2D eigenvalue weighted by molar-refractivity contribution is 0.337. The van der Waals surface area contributed by atoms with E-state index in [0.717, 1.165) is 28.8 Å². The van der Waals surface area contributed by atoms with Crippen LogP contribution in [0.5, 0.6) is 0 Å². The van der Waals surface area contributed by atoms with Crippen molar-refractivity contribution in [2.45, 2.75) is 70.0 Å². The Morgan fingerprint density at radius 1 is 1.18 bits per heavy atom. The monoisotopic (exact) mass is 448 g/mol. The summed E-state index contributed by atoms with van der Waals surface area (Å²) in [5, 5.41) is 6.58. The second-order valence-corrected chi connectivity index (χ2v) is 8.69. The predicted octanol–water partition coefficient (Wildman–Crippen LogP) is 6.46. The molecule has 2 N–H and O–H groups in total. The summed E-state index contributed by atoms with van der Waals surface area (Å²) in [4.78, 5) is 8.73. The Kier molecular flexibility index (Phi) is 9.82. The van der Waals surface area contributed by atoms with E-state index >= 15 is 0 Å². The van der Waals surface area contributed by atoms with E-state index in [4.69, 9.17) is 4.99 Å². The van der Waals surface area contributed by atoms with Crippen LogP contribution in [0, 0.1) is 0 Å². The third-order valence-corrected chi connectivity index (χ3v) is 6.48. The van der Waals surface area contributed by atoms with Crippen LogP contribution in [0.2, 0.25) is 0 Å². The molecule has 0 amide bonds. The Hall–Kier alpha value is -2.79. The van der Waals surface area contributed by atoms with Crippen LogP contribution in [0.1, 0.15) is 74.2 Å². The lowest BCUT2D eigenvalue weighted by Gasteiger charge is -2.22. The number of hydrogen-bond donors (Lipinski definition) is 2. The van der Waals surface area contributed by atoms with Crippen molar-refractivity contribution in [3.05, 3.63) is 83.9 Å². The summed E-state index contributed by atoms with van der Waals surface area (Å²) in [5.74, 6) is -0.00789. The number of aryl methyl sites for hydroxylation is 1. The van der Waals surface area contributed by atoms with Gasteiger partial charge in [0.1, 0.15) is 6.17 Å². The van der Waals surface area contributed by atoms with Crippen molar-refractivity contribution in [1.29, 1.82) is 0 Å². The molecule has 0 radical (unpaired) electrons. The van der Waals surface area contributed by atoms with Crippen LogP contribution in [-0.4, -0.2) is 25.1 Å². The lowest BCUT2D eigenvalue weighted by Crippen LogP contribution is -2.31. The van der Waals surface area contributed by atoms with E-state index in [0.29, 0.717) is 19.1 Å². The molecule has 176 valence electrons. The molecule has 0 saturated heterocycles. The number of nitrogens with zero attached hydrogens (tertiary/aromatic N) is 2. The molecule has 0 bridgehead atoms. The van der Waals surface area contributed by atoms with E-state index in [1.54, 1.807) is 12.4 Å². The average molecular weight is 449 g/mol. The maximum atomic E-state index is 14.8. The van der Waals surface area contributed by atoms with Gasteiger partial charge in [-0.05, 0) is 73.0 Å². The van der Waals surface area contributed by atoms with Gasteiger partial charge in [0.05, 0.1) is 12.4 Å². The van der Waals surface area contributed by atoms with Gasteiger partial charge >= 0.3 is 0 Å². The molecule has 4 nitrogen and oxygen atoms in total. The Morgan fingerprint density at radius 3 is 2.73 bits per heavy atom. The number of hydrogen-bond acceptors (Lipinski definition) is 4. The van der Waals surface area contributed by atoms with Crippen molar-refractivity contribution in [3.63, 3.8) is 0 Å². The maximum Gasteiger partial charge on any atom is 0.126 e. The summed E-state index contributed by atoms with van der Waals surface area (Å²) in [7, 11) is 0. The highest BCUT2D eigenvalue weighted by molar-refractivity contribution is 6.10. The van der Waals surface area contributed by atoms with Gasteiger partial charge in [-0.3, -0.25) is 15.3 Å². The fourth-order valence-electron chi connectivity index (χ4n) is 4.66. The Morgan fingerprint density at radius 2 is 2.00 bits per heavy atom. The van der Waals surface area contributed by atoms with Gasteiger partial charge in [-0.2, -0.15) is 0 Å². The van der Waals surface area contributed by atoms with Gasteiger partial charge in [-0.25, -0.2) is 4.39 Å². The first-order valence-corrected chi connectivity index (χ1v) is 12.1. The second-order valence-electron chi connectivity index (χ2n) is 8.69. The number of alkyl halides is 1. The van der Waals surface area contributed by atoms with Crippen molar-refractivity contribution in [2.75, 3.05) is 6.67 Å². The molecule has 0 aliphatic heterocycles. The summed E-state index contributed by atoms with van der Waals surface area (Å²) in [6.45, 7) is 9.93. The van der Waals surface area contributed by atoms with Crippen LogP contribution < -0.4 is 10.6 Å². The van der Waals surface area contributed by atoms with E-state index < -0.39 is 6.17 Å². The Bertz CT molecular complexity index is 922. The highest BCUT2D eigenvalue weighted by atomic mass is 19.1.